The second-order valence-corrected chi connectivity index (χ2v) is 5.51. The molecule has 1 aromatic carbocycles. The number of aromatic carboxylic acids is 1. The minimum Gasteiger partial charge on any atom is -0.496 e. The van der Waals surface area contributed by atoms with Gasteiger partial charge in [-0.1, -0.05) is 25.4 Å². The largest absolute Gasteiger partial charge is 0.496 e. The van der Waals surface area contributed by atoms with Crippen molar-refractivity contribution in [2.75, 3.05) is 7.11 Å². The molecule has 0 aliphatic rings. The number of hydrogen-bond acceptors (Lipinski definition) is 3. The molecule has 0 atom stereocenters. The number of hydrogen-bond donors (Lipinski definition) is 2. The van der Waals surface area contributed by atoms with E-state index < -0.39 is 5.97 Å². The van der Waals surface area contributed by atoms with Gasteiger partial charge in [0.2, 0.25) is 0 Å². The molecule has 0 radical (unpaired) electrons. The average molecular weight is 309 g/mol. The van der Waals surface area contributed by atoms with Crippen molar-refractivity contribution in [1.29, 1.82) is 0 Å². The number of rotatable bonds is 4. The van der Waals surface area contributed by atoms with Crippen LogP contribution in [0, 0.1) is 6.92 Å². The topological polar surface area (TPSA) is 75.2 Å². The zero-order chi connectivity index (χ0) is 15.7. The fraction of sp³-hybridized carbons (Fsp3) is 0.333. The smallest absolute Gasteiger partial charge is 0.353 e. The Labute approximate surface area is 127 Å². The summed E-state index contributed by atoms with van der Waals surface area (Å²) in [4.78, 5) is 11.0. The fourth-order valence-electron chi connectivity index (χ4n) is 2.26. The van der Waals surface area contributed by atoms with Crippen molar-refractivity contribution in [2.45, 2.75) is 26.7 Å². The molecule has 0 amide bonds. The van der Waals surface area contributed by atoms with Gasteiger partial charge >= 0.3 is 5.97 Å². The molecule has 21 heavy (non-hydrogen) atoms. The number of nitrogens with zero attached hydrogens (tertiary/aromatic N) is 1. The van der Waals surface area contributed by atoms with E-state index in [-0.39, 0.29) is 11.6 Å². The number of methoxy groups -OCH3 is 1. The number of carbonyl (C=O) groups is 1. The van der Waals surface area contributed by atoms with E-state index >= 15 is 0 Å². The number of nitrogens with one attached hydrogen (secondary N) is 1. The van der Waals surface area contributed by atoms with Crippen LogP contribution in [0.15, 0.2) is 12.1 Å². The van der Waals surface area contributed by atoms with E-state index in [1.54, 1.807) is 7.11 Å². The number of carboxylic acids is 1. The Morgan fingerprint density at radius 3 is 2.57 bits per heavy atom. The van der Waals surface area contributed by atoms with E-state index in [1.165, 1.54) is 6.07 Å². The maximum atomic E-state index is 11.0. The maximum Gasteiger partial charge on any atom is 0.353 e. The molecule has 112 valence electrons. The minimum absolute atomic E-state index is 0.0255. The number of aromatic nitrogens is 2. The van der Waals surface area contributed by atoms with Gasteiger partial charge in [-0.05, 0) is 36.1 Å². The number of carboxylic acid groups (broad SMARTS) is 1. The number of benzene rings is 1. The summed E-state index contributed by atoms with van der Waals surface area (Å²) in [6.07, 6.45) is 0. The van der Waals surface area contributed by atoms with Gasteiger partial charge in [-0.25, -0.2) is 4.79 Å². The molecule has 0 saturated carbocycles. The molecule has 0 aliphatic carbocycles. The van der Waals surface area contributed by atoms with Crippen molar-refractivity contribution in [1.82, 2.24) is 10.2 Å². The van der Waals surface area contributed by atoms with Gasteiger partial charge in [0.1, 0.15) is 11.4 Å². The van der Waals surface area contributed by atoms with Crippen LogP contribution < -0.4 is 4.74 Å². The van der Waals surface area contributed by atoms with Crippen LogP contribution in [0.5, 0.6) is 5.75 Å². The molecular formula is C15H17ClN2O3. The van der Waals surface area contributed by atoms with Crippen LogP contribution in [-0.4, -0.2) is 28.4 Å². The Kier molecular flexibility index (Phi) is 4.23. The number of ether oxygens (including phenoxy) is 1. The van der Waals surface area contributed by atoms with Crippen molar-refractivity contribution >= 4 is 17.6 Å². The molecule has 0 unspecified atom stereocenters. The number of halogens is 1. The van der Waals surface area contributed by atoms with Gasteiger partial charge in [0.15, 0.2) is 0 Å². The molecule has 1 heterocycles. The molecule has 0 aliphatic heterocycles. The molecule has 0 saturated heterocycles. The van der Waals surface area contributed by atoms with Crippen LogP contribution in [-0.2, 0) is 0 Å². The quantitative estimate of drug-likeness (QED) is 0.899. The highest BCUT2D eigenvalue weighted by Gasteiger charge is 2.21. The third kappa shape index (κ3) is 2.74. The first kappa shape index (κ1) is 15.4. The Morgan fingerprint density at radius 2 is 2.10 bits per heavy atom. The first-order chi connectivity index (χ1) is 9.86. The zero-order valence-corrected chi connectivity index (χ0v) is 13.1. The Bertz CT molecular complexity index is 692. The zero-order valence-electron chi connectivity index (χ0n) is 12.3. The first-order valence-electron chi connectivity index (χ1n) is 6.52. The fourth-order valence-corrected chi connectivity index (χ4v) is 2.47. The van der Waals surface area contributed by atoms with Crippen LogP contribution in [0.4, 0.5) is 0 Å². The SMILES string of the molecule is COc1c(C(C)C)cc(Cl)c(C)c1-c1cc(C(=O)O)[nH]n1. The van der Waals surface area contributed by atoms with Gasteiger partial charge in [-0.15, -0.1) is 0 Å². The molecule has 0 spiro atoms. The first-order valence-corrected chi connectivity index (χ1v) is 6.90. The highest BCUT2D eigenvalue weighted by molar-refractivity contribution is 6.32. The molecule has 6 heteroatoms. The van der Waals surface area contributed by atoms with Crippen LogP contribution in [0.3, 0.4) is 0 Å². The van der Waals surface area contributed by atoms with E-state index in [9.17, 15) is 4.79 Å². The summed E-state index contributed by atoms with van der Waals surface area (Å²) < 4.78 is 5.54. The van der Waals surface area contributed by atoms with Crippen molar-refractivity contribution in [3.8, 4) is 17.0 Å². The van der Waals surface area contributed by atoms with E-state index in [2.05, 4.69) is 10.2 Å². The molecule has 2 aromatic rings. The van der Waals surface area contributed by atoms with Crippen molar-refractivity contribution in [3.05, 3.63) is 34.0 Å². The summed E-state index contributed by atoms with van der Waals surface area (Å²) in [6, 6.07) is 3.36. The molecule has 2 rings (SSSR count). The molecule has 0 bridgehead atoms. The number of aromatic amines is 1. The van der Waals surface area contributed by atoms with Crippen LogP contribution in [0.25, 0.3) is 11.3 Å². The van der Waals surface area contributed by atoms with E-state index in [4.69, 9.17) is 21.4 Å². The lowest BCUT2D eigenvalue weighted by atomic mass is 9.94. The average Bonchev–Trinajstić information content (AvgIpc) is 2.90. The lowest BCUT2D eigenvalue weighted by molar-refractivity contribution is 0.0690. The minimum atomic E-state index is -1.06. The van der Waals surface area contributed by atoms with Gasteiger partial charge in [0.05, 0.1) is 12.8 Å². The summed E-state index contributed by atoms with van der Waals surface area (Å²) in [5.41, 5.74) is 3.02. The standard InChI is InChI=1S/C15H17ClN2O3/c1-7(2)9-5-10(16)8(3)13(14(9)21-4)11-6-12(15(19)20)18-17-11/h5-7H,1-4H3,(H,17,18)(H,19,20). The normalized spacial score (nSPS) is 11.0. The van der Waals surface area contributed by atoms with Gasteiger partial charge in [0.25, 0.3) is 0 Å². The summed E-state index contributed by atoms with van der Waals surface area (Å²) in [5.74, 6) is -0.165. The molecular weight excluding hydrogens is 292 g/mol. The molecule has 5 nitrogen and oxygen atoms in total. The van der Waals surface area contributed by atoms with E-state index in [0.717, 1.165) is 16.7 Å². The van der Waals surface area contributed by atoms with Crippen LogP contribution >= 0.6 is 11.6 Å². The third-order valence-corrected chi connectivity index (χ3v) is 3.79. The lowest BCUT2D eigenvalue weighted by Gasteiger charge is -2.18. The molecule has 2 N–H and O–H groups in total. The predicted octanol–water partition coefficient (Wildman–Crippen LogP) is 3.87. The second-order valence-electron chi connectivity index (χ2n) is 5.11. The highest BCUT2D eigenvalue weighted by Crippen LogP contribution is 2.41. The molecule has 1 aromatic heterocycles. The van der Waals surface area contributed by atoms with Gasteiger partial charge in [0, 0.05) is 10.6 Å². The third-order valence-electron chi connectivity index (χ3n) is 3.40. The Morgan fingerprint density at radius 1 is 1.43 bits per heavy atom. The predicted molar refractivity (Wildman–Crippen MR) is 81.4 cm³/mol. The second kappa shape index (κ2) is 5.77. The van der Waals surface area contributed by atoms with Crippen molar-refractivity contribution in [2.24, 2.45) is 0 Å². The summed E-state index contributed by atoms with van der Waals surface area (Å²) in [6.45, 7) is 5.94. The van der Waals surface area contributed by atoms with E-state index in [1.807, 2.05) is 26.8 Å². The van der Waals surface area contributed by atoms with Gasteiger partial charge in [-0.3, -0.25) is 5.10 Å². The van der Waals surface area contributed by atoms with Crippen molar-refractivity contribution < 1.29 is 14.6 Å². The Hall–Kier alpha value is -2.01. The summed E-state index contributed by atoms with van der Waals surface area (Å²) >= 11 is 6.30. The van der Waals surface area contributed by atoms with Gasteiger partial charge in [-0.2, -0.15) is 5.10 Å². The lowest BCUT2D eigenvalue weighted by Crippen LogP contribution is -2.00. The highest BCUT2D eigenvalue weighted by atomic mass is 35.5. The van der Waals surface area contributed by atoms with Crippen LogP contribution in [0.1, 0.15) is 41.4 Å². The maximum absolute atomic E-state index is 11.0. The Balaban J connectivity index is 2.73. The number of H-pyrrole nitrogens is 1. The van der Waals surface area contributed by atoms with Gasteiger partial charge < -0.3 is 9.84 Å². The van der Waals surface area contributed by atoms with Crippen molar-refractivity contribution in [3.63, 3.8) is 0 Å². The molecule has 0 fully saturated rings. The van der Waals surface area contributed by atoms with E-state index in [0.29, 0.717) is 16.5 Å². The summed E-state index contributed by atoms with van der Waals surface area (Å²) in [5, 5.41) is 16.2. The monoisotopic (exact) mass is 308 g/mol. The van der Waals surface area contributed by atoms with Crippen LogP contribution in [0.2, 0.25) is 5.02 Å². The summed E-state index contributed by atoms with van der Waals surface area (Å²) in [7, 11) is 1.59.